The van der Waals surface area contributed by atoms with Gasteiger partial charge in [0.2, 0.25) is 5.76 Å². The molecule has 1 amide bonds. The molecule has 0 aliphatic carbocycles. The van der Waals surface area contributed by atoms with E-state index < -0.39 is 29.5 Å². The number of hydrogen-bond acceptors (Lipinski definition) is 4. The maximum Gasteiger partial charge on any atom is 0.449 e. The molecule has 0 spiro atoms. The van der Waals surface area contributed by atoms with Crippen molar-refractivity contribution in [2.45, 2.75) is 17.9 Å². The summed E-state index contributed by atoms with van der Waals surface area (Å²) in [5.74, 6) is -1.53. The quantitative estimate of drug-likeness (QED) is 0.632. The number of aliphatic hydroxyl groups is 1. The van der Waals surface area contributed by atoms with Gasteiger partial charge in [0, 0.05) is 18.4 Å². The SMILES string of the molecule is COC1C(=O)Nc2ccc(C=Cc3ccc(C(F)(F)F)o3)cc2C1(O)c1ccccc1. The maximum absolute atomic E-state index is 12.7. The number of anilines is 1. The van der Waals surface area contributed by atoms with Crippen molar-refractivity contribution >= 4 is 23.7 Å². The van der Waals surface area contributed by atoms with Crippen molar-refractivity contribution in [2.75, 3.05) is 12.4 Å². The summed E-state index contributed by atoms with van der Waals surface area (Å²) in [5, 5.41) is 14.4. The predicted molar refractivity (Wildman–Crippen MR) is 108 cm³/mol. The van der Waals surface area contributed by atoms with Crippen LogP contribution in [0, 0.1) is 0 Å². The molecule has 2 atom stereocenters. The van der Waals surface area contributed by atoms with Gasteiger partial charge in [-0.15, -0.1) is 0 Å². The van der Waals surface area contributed by atoms with Gasteiger partial charge >= 0.3 is 6.18 Å². The van der Waals surface area contributed by atoms with Crippen molar-refractivity contribution in [3.63, 3.8) is 0 Å². The van der Waals surface area contributed by atoms with Crippen LogP contribution >= 0.6 is 0 Å². The number of benzene rings is 2. The zero-order valence-corrected chi connectivity index (χ0v) is 16.3. The smallest absolute Gasteiger partial charge is 0.449 e. The summed E-state index contributed by atoms with van der Waals surface area (Å²) in [4.78, 5) is 12.5. The highest BCUT2D eigenvalue weighted by Crippen LogP contribution is 2.42. The van der Waals surface area contributed by atoms with Crippen LogP contribution in [0.25, 0.3) is 12.2 Å². The number of ether oxygens (including phenoxy) is 1. The molecule has 0 radical (unpaired) electrons. The monoisotopic (exact) mass is 429 g/mol. The van der Waals surface area contributed by atoms with Gasteiger partial charge in [-0.1, -0.05) is 42.5 Å². The third-order valence-corrected chi connectivity index (χ3v) is 5.13. The lowest BCUT2D eigenvalue weighted by Crippen LogP contribution is -2.52. The topological polar surface area (TPSA) is 71.7 Å². The highest BCUT2D eigenvalue weighted by molar-refractivity contribution is 6.00. The van der Waals surface area contributed by atoms with Crippen molar-refractivity contribution in [3.05, 3.63) is 88.9 Å². The summed E-state index contributed by atoms with van der Waals surface area (Å²) >= 11 is 0. The van der Waals surface area contributed by atoms with Crippen molar-refractivity contribution in [2.24, 2.45) is 0 Å². The average molecular weight is 429 g/mol. The molecule has 4 rings (SSSR count). The van der Waals surface area contributed by atoms with Gasteiger partial charge in [0.25, 0.3) is 5.91 Å². The van der Waals surface area contributed by atoms with Crippen molar-refractivity contribution in [1.82, 2.24) is 0 Å². The fourth-order valence-electron chi connectivity index (χ4n) is 3.67. The molecule has 2 unspecified atom stereocenters. The van der Waals surface area contributed by atoms with E-state index in [-0.39, 0.29) is 5.76 Å². The zero-order chi connectivity index (χ0) is 22.2. The van der Waals surface area contributed by atoms with Crippen LogP contribution in [-0.2, 0) is 21.3 Å². The van der Waals surface area contributed by atoms with Gasteiger partial charge < -0.3 is 19.6 Å². The Morgan fingerprint density at radius 1 is 1.10 bits per heavy atom. The third kappa shape index (κ3) is 3.75. The van der Waals surface area contributed by atoms with Crippen LogP contribution in [0.3, 0.4) is 0 Å². The number of rotatable bonds is 4. The average Bonchev–Trinajstić information content (AvgIpc) is 3.23. The minimum Gasteiger partial charge on any atom is -0.452 e. The molecule has 3 aromatic rings. The number of halogens is 3. The fourth-order valence-corrected chi connectivity index (χ4v) is 3.67. The summed E-state index contributed by atoms with van der Waals surface area (Å²) in [6, 6.07) is 15.7. The lowest BCUT2D eigenvalue weighted by Gasteiger charge is -2.40. The number of carbonyl (C=O) groups is 1. The van der Waals surface area contributed by atoms with Crippen molar-refractivity contribution in [1.29, 1.82) is 0 Å². The van der Waals surface area contributed by atoms with E-state index in [0.29, 0.717) is 22.4 Å². The highest BCUT2D eigenvalue weighted by atomic mass is 19.4. The van der Waals surface area contributed by atoms with Crippen LogP contribution in [0.15, 0.2) is 65.1 Å². The summed E-state index contributed by atoms with van der Waals surface area (Å²) in [7, 11) is 1.34. The number of fused-ring (bicyclic) bond motifs is 1. The maximum atomic E-state index is 12.7. The Labute approximate surface area is 175 Å². The number of furan rings is 1. The number of alkyl halides is 3. The third-order valence-electron chi connectivity index (χ3n) is 5.13. The van der Waals surface area contributed by atoms with Gasteiger partial charge in [0.15, 0.2) is 11.7 Å². The Bertz CT molecular complexity index is 1140. The van der Waals surface area contributed by atoms with Gasteiger partial charge in [-0.3, -0.25) is 4.79 Å². The molecule has 2 aromatic carbocycles. The minimum absolute atomic E-state index is 0.0337. The molecule has 1 aliphatic rings. The Balaban J connectivity index is 1.75. The van der Waals surface area contributed by atoms with E-state index in [2.05, 4.69) is 5.32 Å². The highest BCUT2D eigenvalue weighted by Gasteiger charge is 2.49. The van der Waals surface area contributed by atoms with Gasteiger partial charge in [-0.2, -0.15) is 13.2 Å². The molecule has 160 valence electrons. The number of nitrogens with one attached hydrogen (secondary N) is 1. The first-order chi connectivity index (χ1) is 14.7. The first kappa shape index (κ1) is 20.9. The molecule has 2 N–H and O–H groups in total. The Morgan fingerprint density at radius 2 is 1.84 bits per heavy atom. The van der Waals surface area contributed by atoms with E-state index in [0.717, 1.165) is 6.07 Å². The lowest BCUT2D eigenvalue weighted by molar-refractivity contribution is -0.153. The van der Waals surface area contributed by atoms with Gasteiger partial charge in [0.1, 0.15) is 5.76 Å². The van der Waals surface area contributed by atoms with Crippen LogP contribution in [0.1, 0.15) is 28.2 Å². The minimum atomic E-state index is -4.56. The summed E-state index contributed by atoms with van der Waals surface area (Å²) in [6.07, 6.45) is -2.80. The van der Waals surface area contributed by atoms with E-state index in [9.17, 15) is 23.1 Å². The van der Waals surface area contributed by atoms with Crippen LogP contribution in [0.4, 0.5) is 18.9 Å². The summed E-state index contributed by atoms with van der Waals surface area (Å²) in [6.45, 7) is 0. The molecule has 31 heavy (non-hydrogen) atoms. The largest absolute Gasteiger partial charge is 0.452 e. The molecule has 1 aliphatic heterocycles. The summed E-state index contributed by atoms with van der Waals surface area (Å²) in [5.41, 5.74) is 0.122. The molecule has 8 heteroatoms. The Kier molecular flexibility index (Phi) is 5.20. The first-order valence-corrected chi connectivity index (χ1v) is 9.34. The summed E-state index contributed by atoms with van der Waals surface area (Å²) < 4.78 is 48.3. The Morgan fingerprint density at radius 3 is 2.48 bits per heavy atom. The van der Waals surface area contributed by atoms with Crippen LogP contribution in [-0.4, -0.2) is 24.2 Å². The molecular formula is C23H18F3NO4. The second kappa shape index (κ2) is 7.72. The molecule has 5 nitrogen and oxygen atoms in total. The molecule has 2 heterocycles. The second-order valence-corrected chi connectivity index (χ2v) is 7.08. The van der Waals surface area contributed by atoms with E-state index in [1.807, 2.05) is 0 Å². The van der Waals surface area contributed by atoms with Crippen molar-refractivity contribution in [3.8, 4) is 0 Å². The van der Waals surface area contributed by atoms with E-state index >= 15 is 0 Å². The van der Waals surface area contributed by atoms with Crippen LogP contribution in [0.2, 0.25) is 0 Å². The molecule has 0 saturated heterocycles. The number of hydrogen-bond donors (Lipinski definition) is 2. The molecular weight excluding hydrogens is 411 g/mol. The van der Waals surface area contributed by atoms with Gasteiger partial charge in [-0.05, 0) is 41.5 Å². The number of carbonyl (C=O) groups excluding carboxylic acids is 1. The van der Waals surface area contributed by atoms with E-state index in [1.165, 1.54) is 19.3 Å². The van der Waals surface area contributed by atoms with E-state index in [4.69, 9.17) is 9.15 Å². The Hall–Kier alpha value is -3.36. The predicted octanol–water partition coefficient (Wildman–Crippen LogP) is 4.67. The normalized spacial score (nSPS) is 21.2. The molecule has 0 saturated carbocycles. The lowest BCUT2D eigenvalue weighted by atomic mass is 9.77. The van der Waals surface area contributed by atoms with Crippen molar-refractivity contribution < 1.29 is 32.2 Å². The fraction of sp³-hybridized carbons (Fsp3) is 0.174. The molecule has 1 aromatic heterocycles. The van der Waals surface area contributed by atoms with Gasteiger partial charge in [0.05, 0.1) is 0 Å². The molecule has 0 fully saturated rings. The number of amides is 1. The first-order valence-electron chi connectivity index (χ1n) is 9.34. The standard InChI is InChI=1S/C23H18F3NO4/c1-30-20-21(28)27-18-11-8-14(7-9-16-10-12-19(31-16)23(24,25)26)13-17(18)22(20,29)15-5-3-2-4-6-15/h2-13,20,29H,1H3,(H,27,28). The van der Waals surface area contributed by atoms with Gasteiger partial charge in [-0.25, -0.2) is 0 Å². The van der Waals surface area contributed by atoms with Crippen LogP contribution in [0.5, 0.6) is 0 Å². The second-order valence-electron chi connectivity index (χ2n) is 7.08. The van der Waals surface area contributed by atoms with E-state index in [1.54, 1.807) is 54.6 Å². The molecule has 0 bridgehead atoms. The van der Waals surface area contributed by atoms with Crippen LogP contribution < -0.4 is 5.32 Å². The zero-order valence-electron chi connectivity index (χ0n) is 16.3. The number of methoxy groups -OCH3 is 1.